The number of nitrogens with zero attached hydrogens (tertiary/aromatic N) is 1. The molecule has 2 rings (SSSR count). The van der Waals surface area contributed by atoms with Gasteiger partial charge >= 0.3 is 0 Å². The number of rotatable bonds is 1. The van der Waals surface area contributed by atoms with Gasteiger partial charge in [-0.1, -0.05) is 17.7 Å². The number of aryl methyl sites for hydroxylation is 1. The van der Waals surface area contributed by atoms with E-state index in [2.05, 4.69) is 9.97 Å². The molecule has 0 bridgehead atoms. The zero-order valence-corrected chi connectivity index (χ0v) is 10.1. The number of hydrogen-bond donors (Lipinski definition) is 1. The summed E-state index contributed by atoms with van der Waals surface area (Å²) in [5, 5.41) is 0.241. The summed E-state index contributed by atoms with van der Waals surface area (Å²) in [5.74, 6) is -0.0620. The minimum absolute atomic E-state index is 0.167. The van der Waals surface area contributed by atoms with Crippen molar-refractivity contribution in [2.24, 2.45) is 0 Å². The molecule has 0 aliphatic carbocycles. The smallest absolute Gasteiger partial charge is 0.254 e. The third kappa shape index (κ3) is 2.08. The average Bonchev–Trinajstić information content (AvgIpc) is 2.24. The van der Waals surface area contributed by atoms with Gasteiger partial charge in [0.2, 0.25) is 0 Å². The Labute approximate surface area is 102 Å². The monoisotopic (exact) mass is 252 g/mol. The molecule has 1 heterocycles. The van der Waals surface area contributed by atoms with Crippen LogP contribution >= 0.6 is 11.6 Å². The topological polar surface area (TPSA) is 45.8 Å². The van der Waals surface area contributed by atoms with Crippen LogP contribution in [0.25, 0.3) is 11.3 Å². The molecule has 0 aliphatic heterocycles. The highest BCUT2D eigenvalue weighted by molar-refractivity contribution is 6.33. The van der Waals surface area contributed by atoms with Crippen molar-refractivity contribution in [1.29, 1.82) is 0 Å². The van der Waals surface area contributed by atoms with Gasteiger partial charge in [-0.05, 0) is 26.0 Å². The molecule has 1 aromatic carbocycles. The first-order valence-electron chi connectivity index (χ1n) is 5.02. The molecule has 17 heavy (non-hydrogen) atoms. The lowest BCUT2D eigenvalue weighted by molar-refractivity contribution is 0.630. The van der Waals surface area contributed by atoms with Gasteiger partial charge in [-0.15, -0.1) is 0 Å². The molecule has 0 aliphatic rings. The van der Waals surface area contributed by atoms with Crippen molar-refractivity contribution in [2.45, 2.75) is 13.8 Å². The third-order valence-corrected chi connectivity index (χ3v) is 2.78. The summed E-state index contributed by atoms with van der Waals surface area (Å²) in [6, 6.07) is 4.37. The van der Waals surface area contributed by atoms with Crippen LogP contribution in [0.15, 0.2) is 23.0 Å². The van der Waals surface area contributed by atoms with Crippen LogP contribution in [0.3, 0.4) is 0 Å². The van der Waals surface area contributed by atoms with Crippen LogP contribution < -0.4 is 5.56 Å². The van der Waals surface area contributed by atoms with E-state index >= 15 is 0 Å². The van der Waals surface area contributed by atoms with E-state index in [-0.39, 0.29) is 21.8 Å². The van der Waals surface area contributed by atoms with Gasteiger partial charge in [0.05, 0.1) is 16.3 Å². The van der Waals surface area contributed by atoms with E-state index < -0.39 is 5.82 Å². The van der Waals surface area contributed by atoms with Gasteiger partial charge in [0.15, 0.2) is 0 Å². The number of aromatic nitrogens is 2. The second-order valence-corrected chi connectivity index (χ2v) is 4.13. The molecule has 5 heteroatoms. The maximum atomic E-state index is 13.7. The van der Waals surface area contributed by atoms with Crippen LogP contribution in [-0.4, -0.2) is 9.97 Å². The van der Waals surface area contributed by atoms with Crippen LogP contribution in [0.1, 0.15) is 11.4 Å². The van der Waals surface area contributed by atoms with Crippen molar-refractivity contribution in [3.05, 3.63) is 50.8 Å². The molecule has 2 aromatic rings. The number of halogens is 2. The molecular formula is C12H10ClFN2O. The molecule has 3 nitrogen and oxygen atoms in total. The minimum Gasteiger partial charge on any atom is -0.311 e. The summed E-state index contributed by atoms with van der Waals surface area (Å²) in [6.07, 6.45) is 0. The number of hydrogen-bond acceptors (Lipinski definition) is 2. The van der Waals surface area contributed by atoms with Gasteiger partial charge in [0.25, 0.3) is 5.56 Å². The predicted octanol–water partition coefficient (Wildman–Crippen LogP) is 2.85. The molecule has 0 saturated carbocycles. The lowest BCUT2D eigenvalue weighted by Gasteiger charge is -2.08. The molecule has 1 aromatic heterocycles. The largest absolute Gasteiger partial charge is 0.311 e. The molecule has 1 N–H and O–H groups in total. The molecule has 0 radical (unpaired) electrons. The number of H-pyrrole nitrogens is 1. The van der Waals surface area contributed by atoms with Crippen LogP contribution in [-0.2, 0) is 0 Å². The van der Waals surface area contributed by atoms with Gasteiger partial charge < -0.3 is 4.98 Å². The molecule has 0 saturated heterocycles. The highest BCUT2D eigenvalue weighted by atomic mass is 35.5. The Bertz CT molecular complexity index is 617. The first-order chi connectivity index (χ1) is 8.00. The fourth-order valence-electron chi connectivity index (χ4n) is 1.61. The first-order valence-corrected chi connectivity index (χ1v) is 5.40. The Morgan fingerprint density at radius 2 is 2.06 bits per heavy atom. The van der Waals surface area contributed by atoms with Gasteiger partial charge in [0.1, 0.15) is 11.6 Å². The maximum absolute atomic E-state index is 13.7. The average molecular weight is 253 g/mol. The fraction of sp³-hybridized carbons (Fsp3) is 0.167. The van der Waals surface area contributed by atoms with Crippen molar-refractivity contribution in [3.63, 3.8) is 0 Å². The summed E-state index contributed by atoms with van der Waals surface area (Å²) in [5.41, 5.74) is 0.518. The van der Waals surface area contributed by atoms with Crippen molar-refractivity contribution in [2.75, 3.05) is 0 Å². The highest BCUT2D eigenvalue weighted by Crippen LogP contribution is 2.29. The summed E-state index contributed by atoms with van der Waals surface area (Å²) in [6.45, 7) is 3.22. The van der Waals surface area contributed by atoms with Crippen molar-refractivity contribution >= 4 is 11.6 Å². The minimum atomic E-state index is -0.488. The van der Waals surface area contributed by atoms with E-state index in [1.165, 1.54) is 12.1 Å². The van der Waals surface area contributed by atoms with E-state index in [9.17, 15) is 9.18 Å². The number of benzene rings is 1. The van der Waals surface area contributed by atoms with Gasteiger partial charge in [-0.2, -0.15) is 0 Å². The third-order valence-electron chi connectivity index (χ3n) is 2.47. The Hall–Kier alpha value is -1.68. The van der Waals surface area contributed by atoms with Crippen molar-refractivity contribution in [3.8, 4) is 11.3 Å². The molecule has 0 unspecified atom stereocenters. The molecule has 88 valence electrons. The Kier molecular flexibility index (Phi) is 2.98. The van der Waals surface area contributed by atoms with E-state index in [1.807, 2.05) is 0 Å². The van der Waals surface area contributed by atoms with Gasteiger partial charge in [-0.25, -0.2) is 9.37 Å². The van der Waals surface area contributed by atoms with Gasteiger partial charge in [-0.3, -0.25) is 4.79 Å². The van der Waals surface area contributed by atoms with E-state index in [1.54, 1.807) is 19.9 Å². The second kappa shape index (κ2) is 4.30. The fourth-order valence-corrected chi connectivity index (χ4v) is 1.87. The Morgan fingerprint density at radius 3 is 2.71 bits per heavy atom. The van der Waals surface area contributed by atoms with E-state index in [0.717, 1.165) is 0 Å². The zero-order chi connectivity index (χ0) is 12.6. The maximum Gasteiger partial charge on any atom is 0.254 e. The molecular weight excluding hydrogens is 243 g/mol. The zero-order valence-electron chi connectivity index (χ0n) is 9.34. The first kappa shape index (κ1) is 11.8. The van der Waals surface area contributed by atoms with Crippen LogP contribution in [0.5, 0.6) is 0 Å². The highest BCUT2D eigenvalue weighted by Gasteiger charge is 2.15. The standard InChI is InChI=1S/C12H10ClFN2O/c1-6-11(15-7(2)16-12(6)17)10-8(13)4-3-5-9(10)14/h3-5H,1-2H3,(H,15,16,17). The summed E-state index contributed by atoms with van der Waals surface area (Å²) in [7, 11) is 0. The van der Waals surface area contributed by atoms with Crippen molar-refractivity contribution < 1.29 is 4.39 Å². The predicted molar refractivity (Wildman–Crippen MR) is 64.7 cm³/mol. The summed E-state index contributed by atoms with van der Waals surface area (Å²) in [4.78, 5) is 18.3. The lowest BCUT2D eigenvalue weighted by atomic mass is 10.1. The molecule has 0 atom stereocenters. The summed E-state index contributed by atoms with van der Waals surface area (Å²) >= 11 is 5.95. The Morgan fingerprint density at radius 1 is 1.35 bits per heavy atom. The number of nitrogens with one attached hydrogen (secondary N) is 1. The van der Waals surface area contributed by atoms with Crippen LogP contribution in [0.2, 0.25) is 5.02 Å². The van der Waals surface area contributed by atoms with Crippen LogP contribution in [0.4, 0.5) is 4.39 Å². The van der Waals surface area contributed by atoms with Crippen molar-refractivity contribution in [1.82, 2.24) is 9.97 Å². The SMILES string of the molecule is Cc1nc(-c2c(F)cccc2Cl)c(C)c(=O)[nH]1. The summed E-state index contributed by atoms with van der Waals surface area (Å²) < 4.78 is 13.7. The molecule has 0 spiro atoms. The lowest BCUT2D eigenvalue weighted by Crippen LogP contribution is -2.14. The second-order valence-electron chi connectivity index (χ2n) is 3.72. The van der Waals surface area contributed by atoms with Gasteiger partial charge in [0, 0.05) is 5.56 Å². The molecule has 0 fully saturated rings. The van der Waals surface area contributed by atoms with E-state index in [0.29, 0.717) is 11.4 Å². The molecule has 0 amide bonds. The van der Waals surface area contributed by atoms with E-state index in [4.69, 9.17) is 11.6 Å². The normalized spacial score (nSPS) is 10.6. The van der Waals surface area contributed by atoms with Crippen LogP contribution in [0, 0.1) is 19.7 Å². The quantitative estimate of drug-likeness (QED) is 0.848. The Balaban J connectivity index is 2.82. The number of aromatic amines is 1.